The van der Waals surface area contributed by atoms with Gasteiger partial charge in [0.1, 0.15) is 23.8 Å². The van der Waals surface area contributed by atoms with E-state index < -0.39 is 17.4 Å². The number of halogens is 3. The van der Waals surface area contributed by atoms with Crippen LogP contribution in [0.5, 0.6) is 5.88 Å². The number of fused-ring (bicyclic) bond motifs is 1. The van der Waals surface area contributed by atoms with Crippen molar-refractivity contribution in [2.24, 2.45) is 0 Å². The first kappa shape index (κ1) is 29.6. The molecule has 7 rings (SSSR count). The number of nitrogens with zero attached hydrogens (tertiary/aromatic N) is 7. The van der Waals surface area contributed by atoms with Crippen molar-refractivity contribution in [3.63, 3.8) is 0 Å². The van der Waals surface area contributed by atoms with Crippen LogP contribution in [0.25, 0.3) is 22.3 Å². The second kappa shape index (κ2) is 11.7. The van der Waals surface area contributed by atoms with Crippen molar-refractivity contribution < 1.29 is 23.0 Å². The standard InChI is InChI=1S/C31H34F3N9O2/c32-31(33,34)26-9-19(15-37-21-11-23(44)12-21)10-27(41-26)45-24-2-7-42(8-3-24)22-13-30(14-22,4-5-35)43-17-20(16-40-43)28-25-1-6-36-29(25)39-18-38-28/h1,6,9-10,16-18,21-24,37,44H,2-4,7-8,11-15H2,(H,36,38,39)/t21-,22-,23+,30+. The predicted octanol–water partition coefficient (Wildman–Crippen LogP) is 4.16. The Bertz CT molecular complexity index is 1690. The number of rotatable bonds is 9. The largest absolute Gasteiger partial charge is 0.474 e. The minimum atomic E-state index is -4.58. The van der Waals surface area contributed by atoms with Gasteiger partial charge in [0.2, 0.25) is 5.88 Å². The van der Waals surface area contributed by atoms with Crippen LogP contribution in [0.15, 0.2) is 43.1 Å². The summed E-state index contributed by atoms with van der Waals surface area (Å²) >= 11 is 0. The van der Waals surface area contributed by atoms with E-state index >= 15 is 0 Å². The summed E-state index contributed by atoms with van der Waals surface area (Å²) in [6, 6.07) is 7.29. The van der Waals surface area contributed by atoms with Gasteiger partial charge in [0.05, 0.1) is 36.0 Å². The number of pyridine rings is 1. The fraction of sp³-hybridized carbons (Fsp3) is 0.516. The number of alkyl halides is 3. The van der Waals surface area contributed by atoms with Crippen LogP contribution in [0.2, 0.25) is 0 Å². The van der Waals surface area contributed by atoms with E-state index in [0.717, 1.165) is 54.3 Å². The lowest BCUT2D eigenvalue weighted by atomic mass is 9.69. The van der Waals surface area contributed by atoms with E-state index in [-0.39, 0.29) is 36.7 Å². The van der Waals surface area contributed by atoms with Crippen LogP contribution in [0.1, 0.15) is 56.2 Å². The van der Waals surface area contributed by atoms with Crippen LogP contribution in [0.4, 0.5) is 13.2 Å². The van der Waals surface area contributed by atoms with Gasteiger partial charge in [-0.3, -0.25) is 9.58 Å². The van der Waals surface area contributed by atoms with Gasteiger partial charge in [-0.15, -0.1) is 0 Å². The van der Waals surface area contributed by atoms with E-state index in [2.05, 4.69) is 41.3 Å². The number of hydrogen-bond donors (Lipinski definition) is 3. The molecule has 3 N–H and O–H groups in total. The van der Waals surface area contributed by atoms with E-state index in [9.17, 15) is 23.5 Å². The number of aromatic nitrogens is 6. The van der Waals surface area contributed by atoms with E-state index in [4.69, 9.17) is 4.74 Å². The van der Waals surface area contributed by atoms with E-state index in [1.54, 1.807) is 12.3 Å². The molecule has 1 saturated heterocycles. The number of nitrogens with one attached hydrogen (secondary N) is 2. The zero-order valence-corrected chi connectivity index (χ0v) is 24.5. The van der Waals surface area contributed by atoms with Crippen LogP contribution in [-0.2, 0) is 18.3 Å². The maximum absolute atomic E-state index is 13.6. The van der Waals surface area contributed by atoms with Crippen molar-refractivity contribution in [2.45, 2.75) is 87.5 Å². The normalized spacial score (nSPS) is 25.9. The minimum Gasteiger partial charge on any atom is -0.474 e. The molecule has 45 heavy (non-hydrogen) atoms. The molecule has 0 bridgehead atoms. The maximum Gasteiger partial charge on any atom is 0.433 e. The van der Waals surface area contributed by atoms with Crippen LogP contribution < -0.4 is 10.1 Å². The molecule has 3 fully saturated rings. The zero-order chi connectivity index (χ0) is 31.2. The summed E-state index contributed by atoms with van der Waals surface area (Å²) in [5, 5.41) is 27.9. The number of ether oxygens (including phenoxy) is 1. The van der Waals surface area contributed by atoms with E-state index in [0.29, 0.717) is 37.7 Å². The van der Waals surface area contributed by atoms with Crippen molar-refractivity contribution >= 4 is 11.0 Å². The Hall–Kier alpha value is -4.06. The first-order chi connectivity index (χ1) is 21.7. The molecule has 14 heteroatoms. The van der Waals surface area contributed by atoms with Gasteiger partial charge in [-0.25, -0.2) is 15.0 Å². The molecule has 4 aromatic heterocycles. The highest BCUT2D eigenvalue weighted by molar-refractivity contribution is 5.90. The first-order valence-electron chi connectivity index (χ1n) is 15.3. The number of nitriles is 1. The molecule has 4 aromatic rings. The monoisotopic (exact) mass is 621 g/mol. The number of hydrogen-bond acceptors (Lipinski definition) is 9. The van der Waals surface area contributed by atoms with Crippen LogP contribution in [-0.4, -0.2) is 77.1 Å². The maximum atomic E-state index is 13.6. The van der Waals surface area contributed by atoms with Crippen molar-refractivity contribution in [1.29, 1.82) is 5.26 Å². The summed E-state index contributed by atoms with van der Waals surface area (Å²) in [6.07, 6.45) is 6.35. The summed E-state index contributed by atoms with van der Waals surface area (Å²) < 4.78 is 48.7. The minimum absolute atomic E-state index is 0.0134. The number of H-pyrrole nitrogens is 1. The van der Waals surface area contributed by atoms with Gasteiger partial charge in [0.15, 0.2) is 0 Å². The van der Waals surface area contributed by atoms with Gasteiger partial charge < -0.3 is 20.1 Å². The highest BCUT2D eigenvalue weighted by Gasteiger charge is 2.49. The van der Waals surface area contributed by atoms with E-state index in [1.807, 2.05) is 23.1 Å². The average molecular weight is 622 g/mol. The molecule has 0 spiro atoms. The summed E-state index contributed by atoms with van der Waals surface area (Å²) in [7, 11) is 0. The molecule has 5 heterocycles. The molecule has 11 nitrogen and oxygen atoms in total. The topological polar surface area (TPSA) is 141 Å². The summed E-state index contributed by atoms with van der Waals surface area (Å²) in [5.74, 6) is -0.0134. The number of aliphatic hydroxyl groups is 1. The Labute approximate surface area is 257 Å². The molecular weight excluding hydrogens is 587 g/mol. The SMILES string of the molecule is N#CC[C@]1(n2cc(-c3ncnc4[nH]ccc34)cn2)C[C@@H](N2CCC(Oc3cc(CN[C@H]4C[C@@H](O)C4)cc(C(F)(F)F)n3)CC2)C1. The molecule has 236 valence electrons. The Morgan fingerprint density at radius 1 is 1.18 bits per heavy atom. The highest BCUT2D eigenvalue weighted by atomic mass is 19.4. The van der Waals surface area contributed by atoms with Gasteiger partial charge in [-0.1, -0.05) is 0 Å². The molecule has 2 saturated carbocycles. The molecule has 0 atom stereocenters. The van der Waals surface area contributed by atoms with Gasteiger partial charge in [-0.05, 0) is 56.2 Å². The molecule has 0 unspecified atom stereocenters. The molecule has 3 aliphatic rings. The van der Waals surface area contributed by atoms with Gasteiger partial charge in [0.25, 0.3) is 0 Å². The van der Waals surface area contributed by atoms with Crippen molar-refractivity contribution in [2.75, 3.05) is 13.1 Å². The smallest absolute Gasteiger partial charge is 0.433 e. The second-order valence-electron chi connectivity index (χ2n) is 12.5. The first-order valence-corrected chi connectivity index (χ1v) is 15.3. The predicted molar refractivity (Wildman–Crippen MR) is 157 cm³/mol. The third-order valence-corrected chi connectivity index (χ3v) is 9.48. The number of likely N-dealkylation sites (tertiary alicyclic amines) is 1. The summed E-state index contributed by atoms with van der Waals surface area (Å²) in [5.41, 5.74) is 1.49. The molecule has 0 aromatic carbocycles. The Balaban J connectivity index is 0.969. The van der Waals surface area contributed by atoms with E-state index in [1.165, 1.54) is 6.33 Å². The second-order valence-corrected chi connectivity index (χ2v) is 12.5. The Kier molecular flexibility index (Phi) is 7.71. The van der Waals surface area contributed by atoms with Gasteiger partial charge in [0, 0.05) is 61.1 Å². The average Bonchev–Trinajstić information content (AvgIpc) is 3.67. The molecular formula is C31H34F3N9O2. The molecule has 1 aliphatic heterocycles. The number of aliphatic hydroxyl groups excluding tert-OH is 1. The molecule has 0 radical (unpaired) electrons. The van der Waals surface area contributed by atoms with Crippen LogP contribution in [0.3, 0.4) is 0 Å². The van der Waals surface area contributed by atoms with Crippen LogP contribution >= 0.6 is 0 Å². The summed E-state index contributed by atoms with van der Waals surface area (Å²) in [4.78, 5) is 18.0. The summed E-state index contributed by atoms with van der Waals surface area (Å²) in [6.45, 7) is 1.73. The van der Waals surface area contributed by atoms with Crippen molar-refractivity contribution in [3.05, 3.63) is 54.4 Å². The Morgan fingerprint density at radius 3 is 2.71 bits per heavy atom. The molecule has 0 amide bonds. The van der Waals surface area contributed by atoms with Gasteiger partial charge in [-0.2, -0.15) is 23.5 Å². The fourth-order valence-electron chi connectivity index (χ4n) is 6.86. The van der Waals surface area contributed by atoms with Crippen molar-refractivity contribution in [1.82, 2.24) is 39.9 Å². The number of piperidine rings is 1. The third kappa shape index (κ3) is 5.99. The molecule has 2 aliphatic carbocycles. The van der Waals surface area contributed by atoms with Crippen LogP contribution in [0, 0.1) is 11.3 Å². The lowest BCUT2D eigenvalue weighted by Gasteiger charge is -2.52. The lowest BCUT2D eigenvalue weighted by Crippen LogP contribution is -2.58. The quantitative estimate of drug-likeness (QED) is 0.251. The third-order valence-electron chi connectivity index (χ3n) is 9.48. The number of aromatic amines is 1. The Morgan fingerprint density at radius 2 is 1.98 bits per heavy atom. The lowest BCUT2D eigenvalue weighted by molar-refractivity contribution is -0.141. The zero-order valence-electron chi connectivity index (χ0n) is 24.5. The highest BCUT2D eigenvalue weighted by Crippen LogP contribution is 2.45. The van der Waals surface area contributed by atoms with Gasteiger partial charge >= 0.3 is 6.18 Å². The van der Waals surface area contributed by atoms with Crippen molar-refractivity contribution in [3.8, 4) is 23.2 Å². The fourth-order valence-corrected chi connectivity index (χ4v) is 6.86.